The van der Waals surface area contributed by atoms with E-state index in [0.717, 1.165) is 0 Å². The molecule has 2 aromatic carbocycles. The molecule has 0 aliphatic carbocycles. The van der Waals surface area contributed by atoms with Gasteiger partial charge in [0.15, 0.2) is 11.5 Å². The number of esters is 2. The normalized spacial score (nSPS) is 15.8. The maximum Gasteiger partial charge on any atom is 0.337 e. The van der Waals surface area contributed by atoms with Gasteiger partial charge in [-0.2, -0.15) is 0 Å². The molecule has 28 heavy (non-hydrogen) atoms. The summed E-state index contributed by atoms with van der Waals surface area (Å²) in [6.07, 6.45) is 0. The highest BCUT2D eigenvalue weighted by molar-refractivity contribution is 7.99. The number of benzene rings is 2. The van der Waals surface area contributed by atoms with Gasteiger partial charge in [-0.1, -0.05) is 18.2 Å². The number of carbonyl (C=O) groups is 3. The molecule has 0 N–H and O–H groups in total. The summed E-state index contributed by atoms with van der Waals surface area (Å²) < 4.78 is 15.4. The lowest BCUT2D eigenvalue weighted by Crippen LogP contribution is -2.43. The summed E-state index contributed by atoms with van der Waals surface area (Å²) in [6, 6.07) is 12.5. The van der Waals surface area contributed by atoms with Gasteiger partial charge in [-0.05, 0) is 30.3 Å². The van der Waals surface area contributed by atoms with E-state index in [0.29, 0.717) is 17.2 Å². The molecular weight excluding hydrogens is 382 g/mol. The molecule has 146 valence electrons. The van der Waals surface area contributed by atoms with Crippen LogP contribution in [0.5, 0.6) is 11.5 Å². The van der Waals surface area contributed by atoms with E-state index in [4.69, 9.17) is 9.47 Å². The zero-order valence-corrected chi connectivity index (χ0v) is 16.2. The van der Waals surface area contributed by atoms with Crippen molar-refractivity contribution in [2.75, 3.05) is 25.8 Å². The smallest absolute Gasteiger partial charge is 0.337 e. The van der Waals surface area contributed by atoms with E-state index in [2.05, 4.69) is 4.74 Å². The third kappa shape index (κ3) is 4.12. The molecule has 1 aliphatic rings. The van der Waals surface area contributed by atoms with Crippen LogP contribution in [-0.4, -0.2) is 54.6 Å². The van der Waals surface area contributed by atoms with Crippen LogP contribution in [0.15, 0.2) is 48.5 Å². The molecule has 0 spiro atoms. The number of thioether (sulfide) groups is 1. The molecular formula is C20H19NO6S. The monoisotopic (exact) mass is 401 g/mol. The predicted octanol–water partition coefficient (Wildman–Crippen LogP) is 2.60. The first-order valence-electron chi connectivity index (χ1n) is 8.47. The Bertz CT molecular complexity index is 886. The van der Waals surface area contributed by atoms with Gasteiger partial charge in [0.25, 0.3) is 5.91 Å². The van der Waals surface area contributed by atoms with E-state index in [-0.39, 0.29) is 23.0 Å². The second-order valence-electron chi connectivity index (χ2n) is 5.93. The Labute approximate surface area is 166 Å². The van der Waals surface area contributed by atoms with Crippen LogP contribution in [0.25, 0.3) is 0 Å². The van der Waals surface area contributed by atoms with Crippen molar-refractivity contribution in [1.29, 1.82) is 0 Å². The largest absolute Gasteiger partial charge is 0.493 e. The molecule has 1 amide bonds. The third-order valence-electron chi connectivity index (χ3n) is 4.23. The van der Waals surface area contributed by atoms with E-state index in [9.17, 15) is 14.4 Å². The molecule has 0 saturated carbocycles. The standard InChI is InChI=1S/C20H19NO6S/c1-25-17-10-14(19(23)26-2)8-9-16(17)27-20(24)15-11-28-12-21(15)18(22)13-6-4-3-5-7-13/h3-10,15H,11-12H2,1-2H3/t15-/m0/s1. The molecule has 8 heteroatoms. The molecule has 1 atom stereocenters. The minimum atomic E-state index is -0.706. The van der Waals surface area contributed by atoms with E-state index >= 15 is 0 Å². The molecule has 0 radical (unpaired) electrons. The fourth-order valence-electron chi connectivity index (χ4n) is 2.76. The Morgan fingerprint density at radius 2 is 1.75 bits per heavy atom. The summed E-state index contributed by atoms with van der Waals surface area (Å²) >= 11 is 1.48. The zero-order chi connectivity index (χ0) is 20.1. The Hall–Kier alpha value is -3.00. The zero-order valence-electron chi connectivity index (χ0n) is 15.4. The van der Waals surface area contributed by atoms with Crippen LogP contribution < -0.4 is 9.47 Å². The lowest BCUT2D eigenvalue weighted by molar-refractivity contribution is -0.138. The quantitative estimate of drug-likeness (QED) is 0.563. The van der Waals surface area contributed by atoms with Crippen molar-refractivity contribution in [1.82, 2.24) is 4.90 Å². The first kappa shape index (κ1) is 19.8. The predicted molar refractivity (Wildman–Crippen MR) is 104 cm³/mol. The number of amides is 1. The summed E-state index contributed by atoms with van der Waals surface area (Å²) in [7, 11) is 2.68. The maximum atomic E-state index is 12.7. The van der Waals surface area contributed by atoms with Crippen molar-refractivity contribution in [3.63, 3.8) is 0 Å². The minimum Gasteiger partial charge on any atom is -0.493 e. The van der Waals surface area contributed by atoms with Crippen LogP contribution in [0.3, 0.4) is 0 Å². The molecule has 0 unspecified atom stereocenters. The number of rotatable bonds is 5. The third-order valence-corrected chi connectivity index (χ3v) is 5.24. The van der Waals surface area contributed by atoms with Crippen molar-refractivity contribution >= 4 is 29.6 Å². The van der Waals surface area contributed by atoms with Crippen LogP contribution in [-0.2, 0) is 9.53 Å². The number of hydrogen-bond donors (Lipinski definition) is 0. The fraction of sp³-hybridized carbons (Fsp3) is 0.250. The van der Waals surface area contributed by atoms with Crippen molar-refractivity contribution in [2.45, 2.75) is 6.04 Å². The van der Waals surface area contributed by atoms with Gasteiger partial charge >= 0.3 is 11.9 Å². The Morgan fingerprint density at radius 3 is 2.43 bits per heavy atom. The van der Waals surface area contributed by atoms with Crippen LogP contribution >= 0.6 is 11.8 Å². The number of methoxy groups -OCH3 is 2. The van der Waals surface area contributed by atoms with Crippen molar-refractivity contribution in [2.24, 2.45) is 0 Å². The van der Waals surface area contributed by atoms with E-state index < -0.39 is 18.0 Å². The number of ether oxygens (including phenoxy) is 3. The molecule has 1 heterocycles. The molecule has 2 aromatic rings. The average molecular weight is 401 g/mol. The maximum absolute atomic E-state index is 12.7. The molecule has 7 nitrogen and oxygen atoms in total. The Morgan fingerprint density at radius 1 is 1.00 bits per heavy atom. The second-order valence-corrected chi connectivity index (χ2v) is 6.93. The van der Waals surface area contributed by atoms with Crippen LogP contribution in [0.2, 0.25) is 0 Å². The lowest BCUT2D eigenvalue weighted by Gasteiger charge is -2.22. The van der Waals surface area contributed by atoms with Gasteiger partial charge in [0.05, 0.1) is 25.7 Å². The first-order valence-corrected chi connectivity index (χ1v) is 9.62. The van der Waals surface area contributed by atoms with Gasteiger partial charge in [0.2, 0.25) is 0 Å². The van der Waals surface area contributed by atoms with Gasteiger partial charge in [-0.25, -0.2) is 9.59 Å². The topological polar surface area (TPSA) is 82.1 Å². The van der Waals surface area contributed by atoms with E-state index in [1.807, 2.05) is 6.07 Å². The highest BCUT2D eigenvalue weighted by Crippen LogP contribution is 2.31. The molecule has 0 bridgehead atoms. The average Bonchev–Trinajstić information content (AvgIpc) is 3.23. The van der Waals surface area contributed by atoms with Gasteiger partial charge in [0, 0.05) is 11.3 Å². The molecule has 1 fully saturated rings. The number of carbonyl (C=O) groups excluding carboxylic acids is 3. The summed E-state index contributed by atoms with van der Waals surface area (Å²) in [5.74, 6) is -0.0553. The minimum absolute atomic E-state index is 0.171. The Balaban J connectivity index is 1.77. The summed E-state index contributed by atoms with van der Waals surface area (Å²) in [5, 5.41) is 0. The second kappa shape index (κ2) is 8.79. The van der Waals surface area contributed by atoms with Gasteiger partial charge < -0.3 is 19.1 Å². The molecule has 3 rings (SSSR count). The lowest BCUT2D eigenvalue weighted by atomic mass is 10.1. The van der Waals surface area contributed by atoms with Crippen LogP contribution in [0.4, 0.5) is 0 Å². The Kier molecular flexibility index (Phi) is 6.20. The van der Waals surface area contributed by atoms with Crippen molar-refractivity contribution in [3.05, 3.63) is 59.7 Å². The first-order chi connectivity index (χ1) is 13.5. The highest BCUT2D eigenvalue weighted by atomic mass is 32.2. The van der Waals surface area contributed by atoms with Gasteiger partial charge in [-0.15, -0.1) is 11.8 Å². The molecule has 1 saturated heterocycles. The van der Waals surface area contributed by atoms with Crippen LogP contribution in [0, 0.1) is 0 Å². The SMILES string of the molecule is COC(=O)c1ccc(OC(=O)[C@@H]2CSCN2C(=O)c2ccccc2)c(OC)c1. The van der Waals surface area contributed by atoms with Crippen LogP contribution in [0.1, 0.15) is 20.7 Å². The summed E-state index contributed by atoms with van der Waals surface area (Å²) in [4.78, 5) is 38.6. The van der Waals surface area contributed by atoms with Crippen molar-refractivity contribution < 1.29 is 28.6 Å². The van der Waals surface area contributed by atoms with Gasteiger partial charge in [-0.3, -0.25) is 4.79 Å². The fourth-order valence-corrected chi connectivity index (χ4v) is 3.90. The highest BCUT2D eigenvalue weighted by Gasteiger charge is 2.36. The summed E-state index contributed by atoms with van der Waals surface area (Å²) in [6.45, 7) is 0. The number of hydrogen-bond acceptors (Lipinski definition) is 7. The molecule has 0 aromatic heterocycles. The van der Waals surface area contributed by atoms with Crippen molar-refractivity contribution in [3.8, 4) is 11.5 Å². The number of nitrogens with zero attached hydrogens (tertiary/aromatic N) is 1. The van der Waals surface area contributed by atoms with E-state index in [1.165, 1.54) is 49.1 Å². The summed E-state index contributed by atoms with van der Waals surface area (Å²) in [5.41, 5.74) is 0.791. The van der Waals surface area contributed by atoms with E-state index in [1.54, 1.807) is 24.3 Å². The molecule has 1 aliphatic heterocycles. The van der Waals surface area contributed by atoms with Gasteiger partial charge in [0.1, 0.15) is 6.04 Å².